The number of nitrogens with one attached hydrogen (secondary N) is 1. The monoisotopic (exact) mass is 326 g/mol. The summed E-state index contributed by atoms with van der Waals surface area (Å²) in [6.07, 6.45) is 0.463. The van der Waals surface area contributed by atoms with E-state index in [1.165, 1.54) is 4.90 Å². The molecule has 0 radical (unpaired) electrons. The molecular weight excluding hydrogens is 315 g/mol. The van der Waals surface area contributed by atoms with Crippen LogP contribution in [0.25, 0.3) is 10.9 Å². The molecule has 2 N–H and O–H groups in total. The van der Waals surface area contributed by atoms with Crippen LogP contribution in [0.5, 0.6) is 0 Å². The van der Waals surface area contributed by atoms with E-state index >= 15 is 0 Å². The number of aromatic amines is 1. The summed E-state index contributed by atoms with van der Waals surface area (Å²) in [7, 11) is 0. The van der Waals surface area contributed by atoms with Crippen molar-refractivity contribution in [3.63, 3.8) is 0 Å². The van der Waals surface area contributed by atoms with Crippen LogP contribution < -0.4 is 0 Å². The number of carboxylic acids is 1. The zero-order chi connectivity index (χ0) is 15.1. The molecule has 110 valence electrons. The summed E-state index contributed by atoms with van der Waals surface area (Å²) in [5.74, 6) is -1.66. The van der Waals surface area contributed by atoms with Gasteiger partial charge in [0.25, 0.3) is 5.91 Å². The Kier molecular flexibility index (Phi) is 3.55. The molecule has 2 aromatic rings. The molecule has 5 nitrogen and oxygen atoms in total. The summed E-state index contributed by atoms with van der Waals surface area (Å²) in [5.41, 5.74) is 1.00. The fraction of sp³-hybridized carbons (Fsp3) is 0.286. The predicted octanol–water partition coefficient (Wildman–Crippen LogP) is 3.02. The third-order valence-corrected chi connectivity index (χ3v) is 4.36. The first-order valence-electron chi connectivity index (χ1n) is 6.46. The van der Waals surface area contributed by atoms with Gasteiger partial charge in [-0.15, -0.1) is 0 Å². The second-order valence-electron chi connectivity index (χ2n) is 5.08. The van der Waals surface area contributed by atoms with Crippen molar-refractivity contribution < 1.29 is 14.7 Å². The molecule has 0 saturated carbocycles. The maximum Gasteiger partial charge on any atom is 0.308 e. The molecule has 21 heavy (non-hydrogen) atoms. The van der Waals surface area contributed by atoms with Crippen LogP contribution in [0.4, 0.5) is 0 Å². The summed E-state index contributed by atoms with van der Waals surface area (Å²) in [4.78, 5) is 27.9. The summed E-state index contributed by atoms with van der Waals surface area (Å²) in [6, 6.07) is 5.15. The lowest BCUT2D eigenvalue weighted by Gasteiger charge is -2.14. The average Bonchev–Trinajstić information content (AvgIpc) is 3.04. The van der Waals surface area contributed by atoms with Gasteiger partial charge in [-0.1, -0.05) is 23.2 Å². The molecule has 0 bridgehead atoms. The Balaban J connectivity index is 1.92. The minimum Gasteiger partial charge on any atom is -0.481 e. The molecule has 1 aliphatic heterocycles. The van der Waals surface area contributed by atoms with Gasteiger partial charge in [0.2, 0.25) is 0 Å². The van der Waals surface area contributed by atoms with Crippen molar-refractivity contribution in [2.24, 2.45) is 5.92 Å². The highest BCUT2D eigenvalue weighted by atomic mass is 35.5. The van der Waals surface area contributed by atoms with Gasteiger partial charge >= 0.3 is 5.97 Å². The Morgan fingerprint density at radius 3 is 2.76 bits per heavy atom. The van der Waals surface area contributed by atoms with Crippen molar-refractivity contribution in [3.8, 4) is 0 Å². The lowest BCUT2D eigenvalue weighted by molar-refractivity contribution is -0.141. The Morgan fingerprint density at radius 1 is 1.33 bits per heavy atom. The number of likely N-dealkylation sites (tertiary alicyclic amines) is 1. The number of benzene rings is 1. The molecule has 1 amide bonds. The first kappa shape index (κ1) is 14.2. The lowest BCUT2D eigenvalue weighted by atomic mass is 10.1. The molecule has 1 fully saturated rings. The fourth-order valence-corrected chi connectivity index (χ4v) is 3.04. The van der Waals surface area contributed by atoms with Crippen LogP contribution >= 0.6 is 23.2 Å². The van der Waals surface area contributed by atoms with Gasteiger partial charge in [0.1, 0.15) is 5.69 Å². The number of hydrogen-bond donors (Lipinski definition) is 2. The molecule has 0 spiro atoms. The number of nitrogens with zero attached hydrogens (tertiary/aromatic N) is 1. The van der Waals surface area contributed by atoms with Crippen LogP contribution in [-0.4, -0.2) is 40.0 Å². The van der Waals surface area contributed by atoms with Crippen molar-refractivity contribution in [2.45, 2.75) is 6.42 Å². The maximum absolute atomic E-state index is 12.5. The van der Waals surface area contributed by atoms with Crippen molar-refractivity contribution >= 4 is 46.0 Å². The third-order valence-electron chi connectivity index (χ3n) is 3.74. The highest BCUT2D eigenvalue weighted by molar-refractivity contribution is 6.39. The van der Waals surface area contributed by atoms with Gasteiger partial charge in [-0.25, -0.2) is 0 Å². The summed E-state index contributed by atoms with van der Waals surface area (Å²) < 4.78 is 0. The molecule has 1 saturated heterocycles. The van der Waals surface area contributed by atoms with E-state index in [4.69, 9.17) is 28.3 Å². The number of amides is 1. The molecule has 1 atom stereocenters. The highest BCUT2D eigenvalue weighted by Gasteiger charge is 2.32. The number of aliphatic carboxylic acids is 1. The molecular formula is C14H12Cl2N2O3. The van der Waals surface area contributed by atoms with Crippen LogP contribution in [0.1, 0.15) is 16.9 Å². The van der Waals surface area contributed by atoms with Gasteiger partial charge in [-0.3, -0.25) is 9.59 Å². The minimum absolute atomic E-state index is 0.209. The number of halogens is 2. The number of hydrogen-bond acceptors (Lipinski definition) is 2. The topological polar surface area (TPSA) is 73.4 Å². The summed E-state index contributed by atoms with van der Waals surface area (Å²) in [5, 5.41) is 10.5. The second kappa shape index (κ2) is 5.24. The Labute approximate surface area is 130 Å². The lowest BCUT2D eigenvalue weighted by Crippen LogP contribution is -2.30. The SMILES string of the molecule is O=C(O)C1CCN(C(=O)c2[nH]c3ccc(Cl)cc3c2Cl)C1. The molecule has 7 heteroatoms. The van der Waals surface area contributed by atoms with E-state index in [1.807, 2.05) is 0 Å². The molecule has 0 aliphatic carbocycles. The number of aromatic nitrogens is 1. The quantitative estimate of drug-likeness (QED) is 0.890. The van der Waals surface area contributed by atoms with Gasteiger partial charge < -0.3 is 15.0 Å². The van der Waals surface area contributed by atoms with Crippen LogP contribution in [0.3, 0.4) is 0 Å². The smallest absolute Gasteiger partial charge is 0.308 e. The zero-order valence-electron chi connectivity index (χ0n) is 10.9. The molecule has 1 aromatic carbocycles. The van der Waals surface area contributed by atoms with E-state index in [9.17, 15) is 9.59 Å². The van der Waals surface area contributed by atoms with Crippen LogP contribution in [0.2, 0.25) is 10.0 Å². The van der Waals surface area contributed by atoms with E-state index < -0.39 is 11.9 Å². The van der Waals surface area contributed by atoms with Crippen molar-refractivity contribution in [3.05, 3.63) is 33.9 Å². The van der Waals surface area contributed by atoms with Gasteiger partial charge in [0.15, 0.2) is 0 Å². The molecule has 3 rings (SSSR count). The van der Waals surface area contributed by atoms with Gasteiger partial charge in [0.05, 0.1) is 10.9 Å². The van der Waals surface area contributed by atoms with E-state index in [0.717, 1.165) is 5.52 Å². The standard InChI is InChI=1S/C14H12Cl2N2O3/c15-8-1-2-10-9(5-8)11(16)12(17-10)13(19)18-4-3-7(6-18)14(20)21/h1-2,5,7,17H,3-4,6H2,(H,20,21). The third kappa shape index (κ3) is 2.47. The predicted molar refractivity (Wildman–Crippen MR) is 80.0 cm³/mol. The Bertz CT molecular complexity index is 741. The number of carbonyl (C=O) groups excluding carboxylic acids is 1. The van der Waals surface area contributed by atoms with Crippen molar-refractivity contribution in [2.75, 3.05) is 13.1 Å². The molecule has 1 unspecified atom stereocenters. The minimum atomic E-state index is -0.875. The fourth-order valence-electron chi connectivity index (χ4n) is 2.58. The van der Waals surface area contributed by atoms with Gasteiger partial charge in [-0.2, -0.15) is 0 Å². The number of H-pyrrole nitrogens is 1. The number of rotatable bonds is 2. The molecule has 1 aliphatic rings. The Hall–Kier alpha value is -1.72. The Morgan fingerprint density at radius 2 is 2.10 bits per heavy atom. The highest BCUT2D eigenvalue weighted by Crippen LogP contribution is 2.31. The van der Waals surface area contributed by atoms with E-state index in [-0.39, 0.29) is 18.1 Å². The van der Waals surface area contributed by atoms with E-state index in [0.29, 0.717) is 28.4 Å². The second-order valence-corrected chi connectivity index (χ2v) is 5.89. The number of fused-ring (bicyclic) bond motifs is 1. The molecule has 1 aromatic heterocycles. The van der Waals surface area contributed by atoms with Crippen molar-refractivity contribution in [1.29, 1.82) is 0 Å². The van der Waals surface area contributed by atoms with Crippen molar-refractivity contribution in [1.82, 2.24) is 9.88 Å². The van der Waals surface area contributed by atoms with Crippen LogP contribution in [0, 0.1) is 5.92 Å². The van der Waals surface area contributed by atoms with Gasteiger partial charge in [0, 0.05) is 29.0 Å². The molecule has 2 heterocycles. The first-order valence-corrected chi connectivity index (χ1v) is 7.22. The average molecular weight is 327 g/mol. The van der Waals surface area contributed by atoms with Crippen LogP contribution in [-0.2, 0) is 4.79 Å². The normalized spacial score (nSPS) is 18.4. The zero-order valence-corrected chi connectivity index (χ0v) is 12.4. The number of carboxylic acid groups (broad SMARTS) is 1. The summed E-state index contributed by atoms with van der Waals surface area (Å²) >= 11 is 12.2. The van der Waals surface area contributed by atoms with Crippen LogP contribution in [0.15, 0.2) is 18.2 Å². The van der Waals surface area contributed by atoms with Gasteiger partial charge in [-0.05, 0) is 24.6 Å². The number of carbonyl (C=O) groups is 2. The first-order chi connectivity index (χ1) is 9.97. The largest absolute Gasteiger partial charge is 0.481 e. The van der Waals surface area contributed by atoms with E-state index in [2.05, 4.69) is 4.98 Å². The van der Waals surface area contributed by atoms with E-state index in [1.54, 1.807) is 18.2 Å². The maximum atomic E-state index is 12.5. The summed E-state index contributed by atoms with van der Waals surface area (Å²) in [6.45, 7) is 0.628.